The van der Waals surface area contributed by atoms with Crippen LogP contribution in [0.2, 0.25) is 0 Å². The monoisotopic (exact) mass is 527 g/mol. The van der Waals surface area contributed by atoms with Crippen molar-refractivity contribution < 1.29 is 33.2 Å². The number of H-pyrrole nitrogens is 1. The molecule has 0 bridgehead atoms. The lowest BCUT2D eigenvalue weighted by Gasteiger charge is -2.37. The quantitative estimate of drug-likeness (QED) is 0.424. The van der Waals surface area contributed by atoms with Crippen LogP contribution < -0.4 is 4.74 Å². The van der Waals surface area contributed by atoms with Crippen LogP contribution in [0.25, 0.3) is 22.6 Å². The Morgan fingerprint density at radius 3 is 2.66 bits per heavy atom. The Balaban J connectivity index is 1.39. The van der Waals surface area contributed by atoms with Gasteiger partial charge in [0.25, 0.3) is 0 Å². The van der Waals surface area contributed by atoms with Gasteiger partial charge in [-0.25, -0.2) is 14.4 Å². The number of halogens is 1. The molecule has 2 saturated heterocycles. The lowest BCUT2D eigenvalue weighted by molar-refractivity contribution is -0.234. The zero-order chi connectivity index (χ0) is 26.7. The molecule has 0 spiro atoms. The Morgan fingerprint density at radius 2 is 1.97 bits per heavy atom. The number of aliphatic hydroxyl groups is 1. The summed E-state index contributed by atoms with van der Waals surface area (Å²) in [6, 6.07) is 7.83. The summed E-state index contributed by atoms with van der Waals surface area (Å²) in [4.78, 5) is 31.3. The molecule has 11 nitrogen and oxygen atoms in total. The molecule has 0 saturated carbocycles. The molecule has 38 heavy (non-hydrogen) atoms. The Morgan fingerprint density at radius 1 is 1.21 bits per heavy atom. The van der Waals surface area contributed by atoms with Gasteiger partial charge in [0.05, 0.1) is 48.4 Å². The van der Waals surface area contributed by atoms with E-state index in [1.807, 2.05) is 0 Å². The highest BCUT2D eigenvalue weighted by Crippen LogP contribution is 2.36. The molecule has 12 heteroatoms. The molecule has 2 aliphatic rings. The standard InChI is InChI=1S/C26H30FN5O6/c1-26(24(34)32-10-8-18(33)13-32)14-37-23(38-15-26)22-30-20(16-3-5-17(27)6-4-16)21(31-22)19-7-9-28-25(29-19)36-12-11-35-2/h3-7,9,18,23,33H,8,10-15H2,1-2H3,(H,30,31). The number of hydrogen-bond acceptors (Lipinski definition) is 9. The van der Waals surface area contributed by atoms with Crippen LogP contribution in [0.3, 0.4) is 0 Å². The van der Waals surface area contributed by atoms with Crippen molar-refractivity contribution in [3.05, 3.63) is 48.2 Å². The number of rotatable bonds is 8. The molecule has 2 aromatic heterocycles. The maximum absolute atomic E-state index is 13.6. The smallest absolute Gasteiger partial charge is 0.317 e. The van der Waals surface area contributed by atoms with Crippen LogP contribution in [0.1, 0.15) is 25.5 Å². The number of nitrogens with zero attached hydrogens (tertiary/aromatic N) is 4. The summed E-state index contributed by atoms with van der Waals surface area (Å²) in [6.45, 7) is 3.54. The van der Waals surface area contributed by atoms with E-state index in [1.165, 1.54) is 12.1 Å². The molecule has 1 aromatic carbocycles. The zero-order valence-corrected chi connectivity index (χ0v) is 21.2. The van der Waals surface area contributed by atoms with Gasteiger partial charge < -0.3 is 33.9 Å². The van der Waals surface area contributed by atoms with Crippen LogP contribution in [0.15, 0.2) is 36.5 Å². The molecule has 0 aliphatic carbocycles. The van der Waals surface area contributed by atoms with E-state index in [1.54, 1.807) is 43.3 Å². The van der Waals surface area contributed by atoms with Crippen LogP contribution in [-0.4, -0.2) is 88.6 Å². The Hall–Kier alpha value is -3.45. The molecule has 2 aliphatic heterocycles. The molecule has 2 fully saturated rings. The van der Waals surface area contributed by atoms with E-state index in [-0.39, 0.29) is 37.6 Å². The average Bonchev–Trinajstić information content (AvgIpc) is 3.56. The Bertz CT molecular complexity index is 1260. The summed E-state index contributed by atoms with van der Waals surface area (Å²) >= 11 is 0. The van der Waals surface area contributed by atoms with Crippen LogP contribution in [0.5, 0.6) is 6.01 Å². The van der Waals surface area contributed by atoms with E-state index >= 15 is 0 Å². The topological polar surface area (TPSA) is 132 Å². The first-order chi connectivity index (χ1) is 18.4. The fourth-order valence-corrected chi connectivity index (χ4v) is 4.47. The summed E-state index contributed by atoms with van der Waals surface area (Å²) in [5.74, 6) is -0.0946. The van der Waals surface area contributed by atoms with E-state index in [0.29, 0.717) is 54.6 Å². The molecule has 4 heterocycles. The maximum atomic E-state index is 13.6. The van der Waals surface area contributed by atoms with Gasteiger partial charge in [0.1, 0.15) is 12.4 Å². The average molecular weight is 528 g/mol. The van der Waals surface area contributed by atoms with Crippen molar-refractivity contribution in [3.63, 3.8) is 0 Å². The summed E-state index contributed by atoms with van der Waals surface area (Å²) in [5.41, 5.74) is 1.36. The number of β-amino-alcohol motifs (C(OH)–C–C–N with tert-alkyl or cyclic N) is 1. The molecule has 0 radical (unpaired) electrons. The first kappa shape index (κ1) is 26.2. The highest BCUT2D eigenvalue weighted by Gasteiger charge is 2.44. The van der Waals surface area contributed by atoms with E-state index in [2.05, 4.69) is 15.0 Å². The third-order valence-electron chi connectivity index (χ3n) is 6.54. The molecule has 1 unspecified atom stereocenters. The van der Waals surface area contributed by atoms with Gasteiger partial charge in [0.15, 0.2) is 5.82 Å². The minimum atomic E-state index is -0.878. The summed E-state index contributed by atoms with van der Waals surface area (Å²) in [6.07, 6.45) is 0.779. The number of hydrogen-bond donors (Lipinski definition) is 2. The second kappa shape index (κ2) is 11.1. The molecule has 1 atom stereocenters. The summed E-state index contributed by atoms with van der Waals surface area (Å²) in [5, 5.41) is 9.81. The van der Waals surface area contributed by atoms with E-state index in [9.17, 15) is 14.3 Å². The number of likely N-dealkylation sites (tertiary alicyclic amines) is 1. The van der Waals surface area contributed by atoms with E-state index in [4.69, 9.17) is 23.9 Å². The van der Waals surface area contributed by atoms with E-state index in [0.717, 1.165) is 0 Å². The number of benzene rings is 1. The first-order valence-corrected chi connectivity index (χ1v) is 12.4. The lowest BCUT2D eigenvalue weighted by Crippen LogP contribution is -2.49. The molecular weight excluding hydrogens is 497 g/mol. The fraction of sp³-hybridized carbons (Fsp3) is 0.462. The molecule has 1 amide bonds. The summed E-state index contributed by atoms with van der Waals surface area (Å²) < 4.78 is 36.2. The van der Waals surface area contributed by atoms with Crippen molar-refractivity contribution in [1.82, 2.24) is 24.8 Å². The number of imidazole rings is 1. The first-order valence-electron chi connectivity index (χ1n) is 12.4. The lowest BCUT2D eigenvalue weighted by atomic mass is 9.90. The van der Waals surface area contributed by atoms with Crippen molar-refractivity contribution in [2.24, 2.45) is 5.41 Å². The number of ether oxygens (including phenoxy) is 4. The maximum Gasteiger partial charge on any atom is 0.317 e. The van der Waals surface area contributed by atoms with Gasteiger partial charge in [-0.2, -0.15) is 4.98 Å². The number of methoxy groups -OCH3 is 1. The fourth-order valence-electron chi connectivity index (χ4n) is 4.47. The van der Waals surface area contributed by atoms with Crippen molar-refractivity contribution in [2.75, 3.05) is 46.6 Å². The SMILES string of the molecule is COCCOc1nccc(-c2[nH]c(C3OCC(C)(C(=O)N4CCC(O)C4)CO3)nc2-c2ccc(F)cc2)n1. The second-order valence-electron chi connectivity index (χ2n) is 9.63. The van der Waals surface area contributed by atoms with Crippen molar-refractivity contribution in [3.8, 4) is 28.7 Å². The molecule has 202 valence electrons. The minimum absolute atomic E-state index is 0.110. The predicted molar refractivity (Wildman–Crippen MR) is 132 cm³/mol. The van der Waals surface area contributed by atoms with Crippen molar-refractivity contribution >= 4 is 5.91 Å². The largest absolute Gasteiger partial charge is 0.461 e. The number of amides is 1. The predicted octanol–water partition coefficient (Wildman–Crippen LogP) is 2.34. The number of aromatic nitrogens is 4. The van der Waals surface area contributed by atoms with Gasteiger partial charge >= 0.3 is 6.01 Å². The van der Waals surface area contributed by atoms with Crippen molar-refractivity contribution in [2.45, 2.75) is 25.7 Å². The Labute approximate surface area is 218 Å². The third-order valence-corrected chi connectivity index (χ3v) is 6.54. The molecule has 5 rings (SSSR count). The number of nitrogens with one attached hydrogen (secondary N) is 1. The minimum Gasteiger partial charge on any atom is -0.461 e. The van der Waals surface area contributed by atoms with Gasteiger partial charge in [-0.05, 0) is 43.7 Å². The number of carbonyl (C=O) groups excluding carboxylic acids is 1. The van der Waals surface area contributed by atoms with Gasteiger partial charge in [0, 0.05) is 32.0 Å². The molecule has 2 N–H and O–H groups in total. The highest BCUT2D eigenvalue weighted by atomic mass is 19.1. The van der Waals surface area contributed by atoms with Crippen molar-refractivity contribution in [1.29, 1.82) is 0 Å². The van der Waals surface area contributed by atoms with Gasteiger partial charge in [-0.3, -0.25) is 4.79 Å². The third kappa shape index (κ3) is 5.53. The molecule has 3 aromatic rings. The van der Waals surface area contributed by atoms with Crippen LogP contribution >= 0.6 is 0 Å². The van der Waals surface area contributed by atoms with Gasteiger partial charge in [-0.1, -0.05) is 0 Å². The number of aliphatic hydroxyl groups excluding tert-OH is 1. The Kier molecular flexibility index (Phi) is 7.65. The molecular formula is C26H30FN5O6. The van der Waals surface area contributed by atoms with Gasteiger partial charge in [0.2, 0.25) is 12.2 Å². The summed E-state index contributed by atoms with van der Waals surface area (Å²) in [7, 11) is 1.58. The zero-order valence-electron chi connectivity index (χ0n) is 21.2. The van der Waals surface area contributed by atoms with Gasteiger partial charge in [-0.15, -0.1) is 0 Å². The van der Waals surface area contributed by atoms with Crippen LogP contribution in [0.4, 0.5) is 4.39 Å². The normalized spacial score (nSPS) is 23.5. The van der Waals surface area contributed by atoms with Crippen LogP contribution in [0, 0.1) is 11.2 Å². The second-order valence-corrected chi connectivity index (χ2v) is 9.63. The highest BCUT2D eigenvalue weighted by molar-refractivity contribution is 5.83. The van der Waals surface area contributed by atoms with Crippen LogP contribution in [-0.2, 0) is 19.0 Å². The number of carbonyl (C=O) groups is 1. The van der Waals surface area contributed by atoms with E-state index < -0.39 is 17.8 Å². The number of aromatic amines is 1.